The molecule has 0 spiro atoms. The molecule has 1 saturated heterocycles. The fourth-order valence-corrected chi connectivity index (χ4v) is 5.17. The summed E-state index contributed by atoms with van der Waals surface area (Å²) in [6.07, 6.45) is 6.18. The van der Waals surface area contributed by atoms with Crippen molar-refractivity contribution in [3.8, 4) is 11.4 Å². The first-order valence-electron chi connectivity index (χ1n) is 11.7. The summed E-state index contributed by atoms with van der Waals surface area (Å²) >= 11 is 0. The summed E-state index contributed by atoms with van der Waals surface area (Å²) in [6, 6.07) is 10.1. The maximum absolute atomic E-state index is 13.3. The van der Waals surface area contributed by atoms with E-state index in [1.165, 1.54) is 0 Å². The summed E-state index contributed by atoms with van der Waals surface area (Å²) in [5.41, 5.74) is 3.42. The molecular formula is C25H30N6O2. The van der Waals surface area contributed by atoms with Crippen molar-refractivity contribution < 1.29 is 9.59 Å². The van der Waals surface area contributed by atoms with Crippen LogP contribution in [0.2, 0.25) is 0 Å². The molecule has 2 amide bonds. The number of benzene rings is 1. The van der Waals surface area contributed by atoms with Gasteiger partial charge in [0.25, 0.3) is 5.91 Å². The first-order valence-corrected chi connectivity index (χ1v) is 11.7. The minimum Gasteiger partial charge on any atom is -0.348 e. The lowest BCUT2D eigenvalue weighted by Gasteiger charge is -2.28. The average molecular weight is 447 g/mol. The zero-order chi connectivity index (χ0) is 23.1. The lowest BCUT2D eigenvalue weighted by molar-refractivity contribution is -0.134. The van der Waals surface area contributed by atoms with Crippen LogP contribution in [0.1, 0.15) is 48.4 Å². The number of carbonyl (C=O) groups excluding carboxylic acids is 2. The molecule has 4 heterocycles. The largest absolute Gasteiger partial charge is 0.348 e. The molecule has 8 heteroatoms. The second kappa shape index (κ2) is 8.50. The van der Waals surface area contributed by atoms with E-state index in [0.29, 0.717) is 18.7 Å². The van der Waals surface area contributed by atoms with Crippen molar-refractivity contribution >= 4 is 11.8 Å². The summed E-state index contributed by atoms with van der Waals surface area (Å²) < 4.78 is 3.88. The summed E-state index contributed by atoms with van der Waals surface area (Å²) in [7, 11) is 0. The van der Waals surface area contributed by atoms with E-state index in [2.05, 4.69) is 15.0 Å². The zero-order valence-electron chi connectivity index (χ0n) is 19.4. The Labute approximate surface area is 193 Å². The number of carbonyl (C=O) groups is 2. The van der Waals surface area contributed by atoms with Crippen molar-refractivity contribution in [3.63, 3.8) is 0 Å². The maximum atomic E-state index is 13.3. The molecule has 1 aromatic carbocycles. The van der Waals surface area contributed by atoms with Crippen LogP contribution in [-0.2, 0) is 24.3 Å². The Balaban J connectivity index is 1.51. The van der Waals surface area contributed by atoms with E-state index in [1.807, 2.05) is 62.2 Å². The van der Waals surface area contributed by atoms with Crippen molar-refractivity contribution in [2.75, 3.05) is 0 Å². The third-order valence-electron chi connectivity index (χ3n) is 6.53. The predicted octanol–water partition coefficient (Wildman–Crippen LogP) is 2.81. The molecule has 0 unspecified atom stereocenters. The standard InChI is InChI=1S/C25H30N6O2/c1-16(2)27-25(33)23-21-11-19-9-10-20(31(19)22(32)15-29-13-17(3)12-26-29)14-30(21)24(28-23)18-7-5-4-6-8-18/h4-8,12-13,16,19-20H,9-11,14-15H2,1-3H3,(H,27,33)/t19-,20+/m0/s1. The van der Waals surface area contributed by atoms with Gasteiger partial charge in [0.15, 0.2) is 0 Å². The summed E-state index contributed by atoms with van der Waals surface area (Å²) in [5, 5.41) is 7.29. The Hall–Kier alpha value is -3.42. The highest BCUT2D eigenvalue weighted by Crippen LogP contribution is 2.35. The van der Waals surface area contributed by atoms with Crippen molar-refractivity contribution in [3.05, 3.63) is 59.7 Å². The van der Waals surface area contributed by atoms with Crippen molar-refractivity contribution in [2.24, 2.45) is 0 Å². The summed E-state index contributed by atoms with van der Waals surface area (Å²) in [4.78, 5) is 33.3. The van der Waals surface area contributed by atoms with Gasteiger partial charge in [-0.05, 0) is 39.2 Å². The normalized spacial score (nSPS) is 19.5. The van der Waals surface area contributed by atoms with E-state index in [-0.39, 0.29) is 36.5 Å². The van der Waals surface area contributed by atoms with E-state index >= 15 is 0 Å². The van der Waals surface area contributed by atoms with Gasteiger partial charge >= 0.3 is 0 Å². The molecule has 2 aliphatic rings. The number of rotatable bonds is 5. The Morgan fingerprint density at radius 3 is 2.61 bits per heavy atom. The highest BCUT2D eigenvalue weighted by atomic mass is 16.2. The first kappa shape index (κ1) is 21.4. The molecule has 0 radical (unpaired) electrons. The van der Waals surface area contributed by atoms with Crippen LogP contribution in [-0.4, -0.2) is 54.2 Å². The average Bonchev–Trinajstić information content (AvgIpc) is 3.43. The van der Waals surface area contributed by atoms with Crippen LogP contribution in [0.15, 0.2) is 42.7 Å². The molecule has 33 heavy (non-hydrogen) atoms. The molecule has 1 N–H and O–H groups in total. The Kier molecular flexibility index (Phi) is 5.52. The molecule has 2 aliphatic heterocycles. The number of nitrogens with one attached hydrogen (secondary N) is 1. The van der Waals surface area contributed by atoms with Gasteiger partial charge in [0, 0.05) is 36.8 Å². The topological polar surface area (TPSA) is 85.1 Å². The highest BCUT2D eigenvalue weighted by molar-refractivity contribution is 5.94. The Morgan fingerprint density at radius 2 is 1.91 bits per heavy atom. The van der Waals surface area contributed by atoms with Gasteiger partial charge in [-0.25, -0.2) is 4.98 Å². The molecule has 8 nitrogen and oxygen atoms in total. The van der Waals surface area contributed by atoms with Gasteiger partial charge in [0.05, 0.1) is 17.9 Å². The molecule has 0 aliphatic carbocycles. The van der Waals surface area contributed by atoms with Crippen LogP contribution in [0, 0.1) is 6.92 Å². The van der Waals surface area contributed by atoms with Gasteiger partial charge < -0.3 is 14.8 Å². The van der Waals surface area contributed by atoms with Gasteiger partial charge in [-0.2, -0.15) is 5.10 Å². The lowest BCUT2D eigenvalue weighted by atomic mass is 10.0. The van der Waals surface area contributed by atoms with Gasteiger partial charge in [0.2, 0.25) is 5.91 Å². The van der Waals surface area contributed by atoms with E-state index in [4.69, 9.17) is 4.98 Å². The monoisotopic (exact) mass is 446 g/mol. The number of amides is 2. The number of aromatic nitrogens is 4. The minimum absolute atomic E-state index is 0.0212. The van der Waals surface area contributed by atoms with Gasteiger partial charge in [0.1, 0.15) is 18.1 Å². The second-order valence-electron chi connectivity index (χ2n) is 9.44. The molecule has 0 saturated carbocycles. The predicted molar refractivity (Wildman–Crippen MR) is 125 cm³/mol. The molecule has 1 fully saturated rings. The Bertz CT molecular complexity index is 1180. The van der Waals surface area contributed by atoms with Gasteiger partial charge in [-0.1, -0.05) is 30.3 Å². The fraction of sp³-hybridized carbons (Fsp3) is 0.440. The minimum atomic E-state index is -0.154. The second-order valence-corrected chi connectivity index (χ2v) is 9.44. The SMILES string of the molecule is Cc1cnn(CC(=O)N2[C@@H]3CC[C@H]2Cc2c(C(=O)NC(C)C)nc(-c4ccccc4)n2C3)c1. The van der Waals surface area contributed by atoms with Gasteiger partial charge in [-0.3, -0.25) is 14.3 Å². The van der Waals surface area contributed by atoms with E-state index in [1.54, 1.807) is 10.9 Å². The number of aryl methyl sites for hydroxylation is 1. The fourth-order valence-electron chi connectivity index (χ4n) is 5.17. The summed E-state index contributed by atoms with van der Waals surface area (Å²) in [5.74, 6) is 0.722. The van der Waals surface area contributed by atoms with Crippen molar-refractivity contribution in [1.82, 2.24) is 29.5 Å². The molecule has 2 aromatic heterocycles. The van der Waals surface area contributed by atoms with E-state index in [9.17, 15) is 9.59 Å². The van der Waals surface area contributed by atoms with Crippen LogP contribution in [0.3, 0.4) is 0 Å². The first-order chi connectivity index (χ1) is 15.9. The van der Waals surface area contributed by atoms with Crippen molar-refractivity contribution in [1.29, 1.82) is 0 Å². The van der Waals surface area contributed by atoms with Crippen LogP contribution < -0.4 is 5.32 Å². The Morgan fingerprint density at radius 1 is 1.15 bits per heavy atom. The number of hydrogen-bond acceptors (Lipinski definition) is 4. The van der Waals surface area contributed by atoms with Crippen LogP contribution in [0.25, 0.3) is 11.4 Å². The third-order valence-corrected chi connectivity index (χ3v) is 6.53. The highest BCUT2D eigenvalue weighted by Gasteiger charge is 2.42. The quantitative estimate of drug-likeness (QED) is 0.653. The molecule has 3 aromatic rings. The zero-order valence-corrected chi connectivity index (χ0v) is 19.4. The van der Waals surface area contributed by atoms with Crippen molar-refractivity contribution in [2.45, 2.75) is 71.2 Å². The number of fused-ring (bicyclic) bond motifs is 3. The lowest BCUT2D eigenvalue weighted by Crippen LogP contribution is -2.43. The maximum Gasteiger partial charge on any atom is 0.271 e. The number of nitrogens with zero attached hydrogens (tertiary/aromatic N) is 5. The number of imidazole rings is 1. The van der Waals surface area contributed by atoms with Crippen LogP contribution in [0.4, 0.5) is 0 Å². The van der Waals surface area contributed by atoms with E-state index < -0.39 is 0 Å². The molecule has 2 bridgehead atoms. The van der Waals surface area contributed by atoms with Crippen LogP contribution in [0.5, 0.6) is 0 Å². The summed E-state index contributed by atoms with van der Waals surface area (Å²) in [6.45, 7) is 6.75. The molecular weight excluding hydrogens is 416 g/mol. The molecule has 5 rings (SSSR count). The third kappa shape index (κ3) is 4.05. The van der Waals surface area contributed by atoms with Gasteiger partial charge in [-0.15, -0.1) is 0 Å². The molecule has 172 valence electrons. The molecule has 2 atom stereocenters. The number of hydrogen-bond donors (Lipinski definition) is 1. The van der Waals surface area contributed by atoms with E-state index in [0.717, 1.165) is 35.5 Å². The smallest absolute Gasteiger partial charge is 0.271 e. The van der Waals surface area contributed by atoms with Crippen LogP contribution >= 0.6 is 0 Å².